The quantitative estimate of drug-likeness (QED) is 0.918. The van der Waals surface area contributed by atoms with Crippen molar-refractivity contribution in [2.45, 2.75) is 13.0 Å². The van der Waals surface area contributed by atoms with E-state index in [0.29, 0.717) is 13.2 Å². The summed E-state index contributed by atoms with van der Waals surface area (Å²) in [6.07, 6.45) is 0.808. The molecular formula is C13H12N2O2S. The number of carbonyl (C=O) groups is 1. The molecular weight excluding hydrogens is 248 g/mol. The Bertz CT molecular complexity index is 566. The Morgan fingerprint density at radius 1 is 1.33 bits per heavy atom. The molecule has 0 radical (unpaired) electrons. The fourth-order valence-electron chi connectivity index (χ4n) is 1.85. The van der Waals surface area contributed by atoms with Gasteiger partial charge in [-0.3, -0.25) is 4.79 Å². The molecule has 2 heterocycles. The normalized spacial score (nSPS) is 13.9. The second kappa shape index (κ2) is 4.78. The van der Waals surface area contributed by atoms with Crippen molar-refractivity contribution in [3.05, 3.63) is 45.9 Å². The lowest BCUT2D eigenvalue weighted by molar-refractivity contribution is 0.0950. The van der Waals surface area contributed by atoms with Gasteiger partial charge in [0.25, 0.3) is 5.91 Å². The van der Waals surface area contributed by atoms with Crippen molar-refractivity contribution in [3.8, 4) is 5.75 Å². The summed E-state index contributed by atoms with van der Waals surface area (Å²) in [6.45, 7) is 1.09. The third-order valence-electron chi connectivity index (χ3n) is 2.70. The first-order chi connectivity index (χ1) is 8.83. The number of hydrogen-bond donors (Lipinski definition) is 1. The lowest BCUT2D eigenvalue weighted by Gasteiger charge is -2.09. The van der Waals surface area contributed by atoms with E-state index >= 15 is 0 Å². The number of nitrogens with zero attached hydrogens (tertiary/aromatic N) is 1. The maximum Gasteiger partial charge on any atom is 0.263 e. The number of aromatic nitrogens is 1. The van der Waals surface area contributed by atoms with Gasteiger partial charge >= 0.3 is 0 Å². The molecule has 1 aliphatic rings. The highest BCUT2D eigenvalue weighted by Gasteiger charge is 2.21. The van der Waals surface area contributed by atoms with Crippen LogP contribution in [0.2, 0.25) is 0 Å². The Hall–Kier alpha value is -1.88. The third-order valence-corrected chi connectivity index (χ3v) is 3.77. The molecule has 5 heteroatoms. The van der Waals surface area contributed by atoms with Gasteiger partial charge in [-0.15, -0.1) is 11.3 Å². The maximum absolute atomic E-state index is 11.6. The van der Waals surface area contributed by atoms with Crippen molar-refractivity contribution < 1.29 is 9.53 Å². The summed E-state index contributed by atoms with van der Waals surface area (Å²) in [4.78, 5) is 16.8. The van der Waals surface area contributed by atoms with Crippen molar-refractivity contribution in [2.75, 3.05) is 6.54 Å². The molecule has 0 bridgehead atoms. The molecule has 0 aliphatic carbocycles. The highest BCUT2D eigenvalue weighted by atomic mass is 32.1. The van der Waals surface area contributed by atoms with E-state index in [-0.39, 0.29) is 5.91 Å². The topological polar surface area (TPSA) is 51.2 Å². The van der Waals surface area contributed by atoms with Gasteiger partial charge in [0.05, 0.1) is 5.69 Å². The van der Waals surface area contributed by atoms with Gasteiger partial charge in [-0.05, 0) is 12.1 Å². The van der Waals surface area contributed by atoms with E-state index in [1.807, 2.05) is 30.3 Å². The molecule has 1 amide bonds. The number of ether oxygens (including phenoxy) is 1. The van der Waals surface area contributed by atoms with Crippen molar-refractivity contribution >= 4 is 17.2 Å². The molecule has 3 rings (SSSR count). The zero-order chi connectivity index (χ0) is 12.4. The zero-order valence-corrected chi connectivity index (χ0v) is 10.5. The van der Waals surface area contributed by atoms with Crippen LogP contribution in [0.25, 0.3) is 0 Å². The monoisotopic (exact) mass is 260 g/mol. The van der Waals surface area contributed by atoms with Gasteiger partial charge in [-0.25, -0.2) is 4.98 Å². The largest absolute Gasteiger partial charge is 0.486 e. The summed E-state index contributed by atoms with van der Waals surface area (Å²) in [6, 6.07) is 9.60. The number of carbonyl (C=O) groups excluding carboxylic acids is 1. The molecule has 18 heavy (non-hydrogen) atoms. The summed E-state index contributed by atoms with van der Waals surface area (Å²) in [5.74, 6) is 0.801. The standard InChI is InChI=1S/C13H12N2O2S/c16-13-12-10(6-7-14-13)15-11(18-12)8-17-9-4-2-1-3-5-9/h1-5H,6-8H2,(H,14,16). The van der Waals surface area contributed by atoms with Crippen LogP contribution in [-0.4, -0.2) is 17.4 Å². The van der Waals surface area contributed by atoms with Crippen molar-refractivity contribution in [1.82, 2.24) is 10.3 Å². The Morgan fingerprint density at radius 3 is 2.94 bits per heavy atom. The van der Waals surface area contributed by atoms with Crippen molar-refractivity contribution in [2.24, 2.45) is 0 Å². The van der Waals surface area contributed by atoms with Crippen molar-refractivity contribution in [1.29, 1.82) is 0 Å². The summed E-state index contributed by atoms with van der Waals surface area (Å²) < 4.78 is 5.62. The van der Waals surface area contributed by atoms with Gasteiger partial charge in [0.1, 0.15) is 22.2 Å². The predicted octanol–water partition coefficient (Wildman–Crippen LogP) is 2.01. The number of fused-ring (bicyclic) bond motifs is 1. The van der Waals surface area contributed by atoms with Crippen LogP contribution in [0.4, 0.5) is 0 Å². The maximum atomic E-state index is 11.6. The first-order valence-corrected chi connectivity index (χ1v) is 6.59. The van der Waals surface area contributed by atoms with Crippen LogP contribution >= 0.6 is 11.3 Å². The molecule has 1 aromatic heterocycles. The third kappa shape index (κ3) is 2.22. The van der Waals surface area contributed by atoms with E-state index < -0.39 is 0 Å². The Balaban J connectivity index is 1.72. The fourth-order valence-corrected chi connectivity index (χ4v) is 2.79. The number of benzene rings is 1. The zero-order valence-electron chi connectivity index (χ0n) is 9.68. The lowest BCUT2D eigenvalue weighted by atomic mass is 10.2. The average molecular weight is 260 g/mol. The summed E-state index contributed by atoms with van der Waals surface area (Å²) in [5, 5.41) is 3.66. The van der Waals surface area contributed by atoms with E-state index in [0.717, 1.165) is 27.7 Å². The minimum absolute atomic E-state index is 0.0142. The Labute approximate surface area is 109 Å². The fraction of sp³-hybridized carbons (Fsp3) is 0.231. The molecule has 0 unspecified atom stereocenters. The minimum atomic E-state index is -0.0142. The van der Waals surface area contributed by atoms with Crippen LogP contribution in [0, 0.1) is 0 Å². The molecule has 0 atom stereocenters. The SMILES string of the molecule is O=C1NCCc2nc(COc3ccccc3)sc21. The van der Waals surface area contributed by atoms with Gasteiger partial charge in [0.2, 0.25) is 0 Å². The van der Waals surface area contributed by atoms with E-state index in [4.69, 9.17) is 4.74 Å². The number of hydrogen-bond acceptors (Lipinski definition) is 4. The first-order valence-electron chi connectivity index (χ1n) is 5.77. The highest BCUT2D eigenvalue weighted by Crippen LogP contribution is 2.22. The van der Waals surface area contributed by atoms with E-state index in [9.17, 15) is 4.79 Å². The molecule has 2 aromatic rings. The lowest BCUT2D eigenvalue weighted by Crippen LogP contribution is -2.30. The van der Waals surface area contributed by atoms with Crippen LogP contribution in [0.15, 0.2) is 30.3 Å². The average Bonchev–Trinajstić information content (AvgIpc) is 2.82. The molecule has 92 valence electrons. The van der Waals surface area contributed by atoms with Gasteiger partial charge in [0.15, 0.2) is 0 Å². The number of para-hydroxylation sites is 1. The van der Waals surface area contributed by atoms with Crippen LogP contribution in [-0.2, 0) is 13.0 Å². The second-order valence-corrected chi connectivity index (χ2v) is 5.07. The van der Waals surface area contributed by atoms with E-state index in [1.165, 1.54) is 11.3 Å². The molecule has 1 aromatic carbocycles. The summed E-state index contributed by atoms with van der Waals surface area (Å²) in [7, 11) is 0. The van der Waals surface area contributed by atoms with Gasteiger partial charge in [-0.2, -0.15) is 0 Å². The van der Waals surface area contributed by atoms with Gasteiger partial charge < -0.3 is 10.1 Å². The Morgan fingerprint density at radius 2 is 2.17 bits per heavy atom. The van der Waals surface area contributed by atoms with Crippen LogP contribution in [0.5, 0.6) is 5.75 Å². The molecule has 0 saturated heterocycles. The predicted molar refractivity (Wildman–Crippen MR) is 68.9 cm³/mol. The smallest absolute Gasteiger partial charge is 0.263 e. The molecule has 4 nitrogen and oxygen atoms in total. The minimum Gasteiger partial charge on any atom is -0.486 e. The molecule has 1 aliphatic heterocycles. The molecule has 0 saturated carbocycles. The molecule has 0 fully saturated rings. The summed E-state index contributed by atoms with van der Waals surface area (Å²) in [5.41, 5.74) is 0.899. The van der Waals surface area contributed by atoms with E-state index in [2.05, 4.69) is 10.3 Å². The number of amides is 1. The number of nitrogens with one attached hydrogen (secondary N) is 1. The Kier molecular flexibility index (Phi) is 2.98. The van der Waals surface area contributed by atoms with E-state index in [1.54, 1.807) is 0 Å². The number of thiazole rings is 1. The van der Waals surface area contributed by atoms with Gasteiger partial charge in [0, 0.05) is 13.0 Å². The first kappa shape index (κ1) is 11.2. The molecule has 1 N–H and O–H groups in total. The number of rotatable bonds is 3. The highest BCUT2D eigenvalue weighted by molar-refractivity contribution is 7.13. The van der Waals surface area contributed by atoms with Crippen LogP contribution in [0.3, 0.4) is 0 Å². The summed E-state index contributed by atoms with van der Waals surface area (Å²) >= 11 is 1.41. The molecule has 0 spiro atoms. The van der Waals surface area contributed by atoms with Crippen LogP contribution in [0.1, 0.15) is 20.4 Å². The van der Waals surface area contributed by atoms with Crippen LogP contribution < -0.4 is 10.1 Å². The van der Waals surface area contributed by atoms with Gasteiger partial charge in [-0.1, -0.05) is 18.2 Å². The van der Waals surface area contributed by atoms with Crippen molar-refractivity contribution in [3.63, 3.8) is 0 Å². The second-order valence-electron chi connectivity index (χ2n) is 3.99.